The molecule has 1 unspecified atom stereocenters. The fraction of sp³-hybridized carbons (Fsp3) is 0.684. The molecule has 0 aliphatic heterocycles. The van der Waals surface area contributed by atoms with Crippen molar-refractivity contribution in [2.75, 3.05) is 47.6 Å². The lowest BCUT2D eigenvalue weighted by Gasteiger charge is -2.27. The molecule has 1 N–H and O–H groups in total. The average Bonchev–Trinajstić information content (AvgIpc) is 2.57. The van der Waals surface area contributed by atoms with Crippen LogP contribution in [0.2, 0.25) is 0 Å². The van der Waals surface area contributed by atoms with Crippen LogP contribution in [0.5, 0.6) is 11.5 Å². The second-order valence-electron chi connectivity index (χ2n) is 6.99. The van der Waals surface area contributed by atoms with E-state index in [4.69, 9.17) is 18.9 Å². The van der Waals surface area contributed by atoms with Gasteiger partial charge in [0, 0.05) is 26.7 Å². The van der Waals surface area contributed by atoms with Crippen molar-refractivity contribution in [3.05, 3.63) is 23.8 Å². The summed E-state index contributed by atoms with van der Waals surface area (Å²) in [5.74, 6) is 1.40. The summed E-state index contributed by atoms with van der Waals surface area (Å²) in [6, 6.07) is 5.84. The Morgan fingerprint density at radius 3 is 2.32 bits per heavy atom. The first kappa shape index (κ1) is 21.7. The number of hydrogen-bond acceptors (Lipinski definition) is 6. The topological polar surface area (TPSA) is 60.4 Å². The lowest BCUT2D eigenvalue weighted by atomic mass is 10.1. The third kappa shape index (κ3) is 8.54. The zero-order chi connectivity index (χ0) is 18.9. The third-order valence-electron chi connectivity index (χ3n) is 3.64. The van der Waals surface area contributed by atoms with Crippen LogP contribution in [0.3, 0.4) is 0 Å². The maximum absolute atomic E-state index is 10.3. The van der Waals surface area contributed by atoms with Crippen LogP contribution in [0.15, 0.2) is 18.2 Å². The average molecular weight is 355 g/mol. The number of rotatable bonds is 11. The SMILES string of the molecule is COCCN(Cc1ccc(OC)c(OC)c1)CC(O)COC(C)(C)C. The number of methoxy groups -OCH3 is 3. The van der Waals surface area contributed by atoms with Gasteiger partial charge in [0.25, 0.3) is 0 Å². The Morgan fingerprint density at radius 2 is 1.76 bits per heavy atom. The van der Waals surface area contributed by atoms with Gasteiger partial charge in [0.2, 0.25) is 0 Å². The van der Waals surface area contributed by atoms with Gasteiger partial charge < -0.3 is 24.1 Å². The van der Waals surface area contributed by atoms with Crippen molar-refractivity contribution in [2.24, 2.45) is 0 Å². The second-order valence-corrected chi connectivity index (χ2v) is 6.99. The summed E-state index contributed by atoms with van der Waals surface area (Å²) in [5, 5.41) is 10.3. The van der Waals surface area contributed by atoms with E-state index in [1.54, 1.807) is 21.3 Å². The van der Waals surface area contributed by atoms with E-state index in [1.165, 1.54) is 0 Å². The molecular formula is C19H33NO5. The van der Waals surface area contributed by atoms with Crippen molar-refractivity contribution >= 4 is 0 Å². The largest absolute Gasteiger partial charge is 0.493 e. The molecule has 0 aliphatic carbocycles. The molecular weight excluding hydrogens is 322 g/mol. The molecule has 6 heteroatoms. The highest BCUT2D eigenvalue weighted by Crippen LogP contribution is 2.28. The summed E-state index contributed by atoms with van der Waals surface area (Å²) < 4.78 is 21.5. The lowest BCUT2D eigenvalue weighted by Crippen LogP contribution is -2.38. The van der Waals surface area contributed by atoms with E-state index in [9.17, 15) is 5.11 Å². The molecule has 1 rings (SSSR count). The molecule has 1 aromatic rings. The third-order valence-corrected chi connectivity index (χ3v) is 3.64. The number of ether oxygens (including phenoxy) is 4. The van der Waals surface area contributed by atoms with Crippen LogP contribution < -0.4 is 9.47 Å². The molecule has 6 nitrogen and oxygen atoms in total. The van der Waals surface area contributed by atoms with Gasteiger partial charge in [-0.1, -0.05) is 6.07 Å². The molecule has 1 aromatic carbocycles. The lowest BCUT2D eigenvalue weighted by molar-refractivity contribution is -0.0576. The van der Waals surface area contributed by atoms with Gasteiger partial charge in [-0.2, -0.15) is 0 Å². The summed E-state index contributed by atoms with van der Waals surface area (Å²) in [6.45, 7) is 8.74. The van der Waals surface area contributed by atoms with E-state index in [1.807, 2.05) is 39.0 Å². The molecule has 0 aromatic heterocycles. The number of aliphatic hydroxyl groups is 1. The summed E-state index contributed by atoms with van der Waals surface area (Å²) in [5.41, 5.74) is 0.819. The van der Waals surface area contributed by atoms with E-state index < -0.39 is 6.10 Å². The van der Waals surface area contributed by atoms with Crippen LogP contribution in [0.1, 0.15) is 26.3 Å². The molecule has 0 fully saturated rings. The second kappa shape index (κ2) is 10.6. The zero-order valence-electron chi connectivity index (χ0n) is 16.4. The van der Waals surface area contributed by atoms with Gasteiger partial charge in [0.15, 0.2) is 11.5 Å². The highest BCUT2D eigenvalue weighted by Gasteiger charge is 2.17. The van der Waals surface area contributed by atoms with Crippen LogP contribution in [0.4, 0.5) is 0 Å². The molecule has 0 aliphatic rings. The maximum Gasteiger partial charge on any atom is 0.161 e. The standard InChI is InChI=1S/C19H33NO5/c1-19(2,3)25-14-16(21)13-20(9-10-22-4)12-15-7-8-17(23-5)18(11-15)24-6/h7-8,11,16,21H,9-10,12-14H2,1-6H3. The Morgan fingerprint density at radius 1 is 1.08 bits per heavy atom. The van der Waals surface area contributed by atoms with Crippen molar-refractivity contribution in [3.8, 4) is 11.5 Å². The van der Waals surface area contributed by atoms with Crippen molar-refractivity contribution in [1.82, 2.24) is 4.90 Å². The van der Waals surface area contributed by atoms with Gasteiger partial charge in [-0.3, -0.25) is 4.90 Å². The predicted molar refractivity (Wildman–Crippen MR) is 98.4 cm³/mol. The highest BCUT2D eigenvalue weighted by molar-refractivity contribution is 5.42. The smallest absolute Gasteiger partial charge is 0.161 e. The Labute approximate surface area is 151 Å². The van der Waals surface area contributed by atoms with Crippen molar-refractivity contribution in [3.63, 3.8) is 0 Å². The van der Waals surface area contributed by atoms with Gasteiger partial charge in [-0.05, 0) is 38.5 Å². The molecule has 0 heterocycles. The number of nitrogens with zero attached hydrogens (tertiary/aromatic N) is 1. The predicted octanol–water partition coefficient (Wildman–Crippen LogP) is 2.33. The number of aliphatic hydroxyl groups excluding tert-OH is 1. The minimum atomic E-state index is -0.559. The number of hydrogen-bond donors (Lipinski definition) is 1. The summed E-state index contributed by atoms with van der Waals surface area (Å²) in [7, 11) is 4.92. The zero-order valence-corrected chi connectivity index (χ0v) is 16.4. The van der Waals surface area contributed by atoms with Gasteiger partial charge in [0.1, 0.15) is 0 Å². The molecule has 144 valence electrons. The van der Waals surface area contributed by atoms with Crippen molar-refractivity contribution < 1.29 is 24.1 Å². The molecule has 0 radical (unpaired) electrons. The van der Waals surface area contributed by atoms with E-state index in [0.717, 1.165) is 12.1 Å². The Hall–Kier alpha value is -1.34. The van der Waals surface area contributed by atoms with E-state index in [-0.39, 0.29) is 5.60 Å². The molecule has 0 amide bonds. The first-order valence-corrected chi connectivity index (χ1v) is 8.53. The minimum Gasteiger partial charge on any atom is -0.493 e. The van der Waals surface area contributed by atoms with Crippen LogP contribution in [0.25, 0.3) is 0 Å². The van der Waals surface area contributed by atoms with Crippen LogP contribution >= 0.6 is 0 Å². The van der Waals surface area contributed by atoms with Gasteiger partial charge in [-0.25, -0.2) is 0 Å². The molecule has 25 heavy (non-hydrogen) atoms. The summed E-state index contributed by atoms with van der Waals surface area (Å²) in [4.78, 5) is 2.14. The summed E-state index contributed by atoms with van der Waals surface area (Å²) >= 11 is 0. The van der Waals surface area contributed by atoms with Crippen LogP contribution in [-0.2, 0) is 16.0 Å². The Bertz CT molecular complexity index is 501. The number of benzene rings is 1. The molecule has 0 saturated heterocycles. The molecule has 1 atom stereocenters. The minimum absolute atomic E-state index is 0.262. The van der Waals surface area contributed by atoms with E-state index >= 15 is 0 Å². The van der Waals surface area contributed by atoms with Gasteiger partial charge >= 0.3 is 0 Å². The molecule has 0 saturated carbocycles. The van der Waals surface area contributed by atoms with Gasteiger partial charge in [-0.15, -0.1) is 0 Å². The molecule has 0 bridgehead atoms. The van der Waals surface area contributed by atoms with Crippen molar-refractivity contribution in [2.45, 2.75) is 39.0 Å². The van der Waals surface area contributed by atoms with E-state index in [2.05, 4.69) is 4.90 Å². The summed E-state index contributed by atoms with van der Waals surface area (Å²) in [6.07, 6.45) is -0.559. The fourth-order valence-electron chi connectivity index (χ4n) is 2.39. The maximum atomic E-state index is 10.3. The van der Waals surface area contributed by atoms with E-state index in [0.29, 0.717) is 37.8 Å². The fourth-order valence-corrected chi connectivity index (χ4v) is 2.39. The highest BCUT2D eigenvalue weighted by atomic mass is 16.5. The quantitative estimate of drug-likeness (QED) is 0.657. The Kier molecular flexibility index (Phi) is 9.21. The first-order valence-electron chi connectivity index (χ1n) is 8.53. The molecule has 0 spiro atoms. The monoisotopic (exact) mass is 355 g/mol. The normalized spacial score (nSPS) is 13.1. The first-order chi connectivity index (χ1) is 11.8. The van der Waals surface area contributed by atoms with Crippen LogP contribution in [-0.4, -0.2) is 69.3 Å². The van der Waals surface area contributed by atoms with Gasteiger partial charge in [0.05, 0.1) is 39.1 Å². The Balaban J connectivity index is 2.71. The van der Waals surface area contributed by atoms with Crippen molar-refractivity contribution in [1.29, 1.82) is 0 Å². The van der Waals surface area contributed by atoms with Crippen LogP contribution in [0, 0.1) is 0 Å².